The first-order chi connectivity index (χ1) is 11.6. The molecule has 0 radical (unpaired) electrons. The Morgan fingerprint density at radius 2 is 2.04 bits per heavy atom. The van der Waals surface area contributed by atoms with Crippen LogP contribution >= 0.6 is 0 Å². The molecule has 3 aliphatic rings. The van der Waals surface area contributed by atoms with Crippen LogP contribution in [-0.4, -0.2) is 30.4 Å². The van der Waals surface area contributed by atoms with E-state index in [4.69, 9.17) is 0 Å². The Morgan fingerprint density at radius 3 is 2.88 bits per heavy atom. The molecule has 0 unspecified atom stereocenters. The number of rotatable bonds is 2. The van der Waals surface area contributed by atoms with E-state index in [0.717, 1.165) is 37.2 Å². The van der Waals surface area contributed by atoms with Crippen LogP contribution in [0.3, 0.4) is 0 Å². The van der Waals surface area contributed by atoms with Crippen molar-refractivity contribution in [2.24, 2.45) is 5.92 Å². The molecule has 0 spiro atoms. The van der Waals surface area contributed by atoms with Crippen molar-refractivity contribution in [1.29, 1.82) is 0 Å². The molecule has 5 heteroatoms. The smallest absolute Gasteiger partial charge is 0.251 e. The average molecular weight is 327 g/mol. The fraction of sp³-hybridized carbons (Fsp3) is 0.579. The number of nitrogens with zero attached hydrogens (tertiary/aromatic N) is 1. The number of benzene rings is 1. The summed E-state index contributed by atoms with van der Waals surface area (Å²) in [5.41, 5.74) is 2.44. The van der Waals surface area contributed by atoms with Crippen LogP contribution in [-0.2, 0) is 4.79 Å². The SMILES string of the molecule is C[C@@H]1CCCC[C@H]1NC(=O)c1ccc2c(c1)NC(=O)[C@H]1CCCN21. The highest BCUT2D eigenvalue weighted by Gasteiger charge is 2.36. The largest absolute Gasteiger partial charge is 0.358 e. The van der Waals surface area contributed by atoms with Crippen LogP contribution in [0.25, 0.3) is 0 Å². The third-order valence-corrected chi connectivity index (χ3v) is 5.81. The number of hydrogen-bond donors (Lipinski definition) is 2. The van der Waals surface area contributed by atoms with E-state index in [9.17, 15) is 9.59 Å². The van der Waals surface area contributed by atoms with Gasteiger partial charge in [-0.05, 0) is 49.8 Å². The fourth-order valence-electron chi connectivity index (χ4n) is 4.35. The van der Waals surface area contributed by atoms with Crippen molar-refractivity contribution in [3.63, 3.8) is 0 Å². The zero-order chi connectivity index (χ0) is 16.7. The summed E-state index contributed by atoms with van der Waals surface area (Å²) in [5, 5.41) is 6.16. The van der Waals surface area contributed by atoms with Gasteiger partial charge in [-0.25, -0.2) is 0 Å². The zero-order valence-electron chi connectivity index (χ0n) is 14.2. The number of carbonyl (C=O) groups excluding carboxylic acids is 2. The van der Waals surface area contributed by atoms with E-state index >= 15 is 0 Å². The van der Waals surface area contributed by atoms with Gasteiger partial charge in [0.2, 0.25) is 5.91 Å². The van der Waals surface area contributed by atoms with E-state index in [-0.39, 0.29) is 23.9 Å². The predicted octanol–water partition coefficient (Wildman–Crippen LogP) is 2.92. The van der Waals surface area contributed by atoms with Crippen molar-refractivity contribution >= 4 is 23.2 Å². The van der Waals surface area contributed by atoms with E-state index in [2.05, 4.69) is 22.5 Å². The molecule has 24 heavy (non-hydrogen) atoms. The molecule has 2 N–H and O–H groups in total. The third kappa shape index (κ3) is 2.66. The normalized spacial score (nSPS) is 28.8. The van der Waals surface area contributed by atoms with E-state index in [0.29, 0.717) is 11.5 Å². The van der Waals surface area contributed by atoms with Gasteiger partial charge in [0.1, 0.15) is 6.04 Å². The van der Waals surface area contributed by atoms with Gasteiger partial charge in [0.05, 0.1) is 11.4 Å². The van der Waals surface area contributed by atoms with Gasteiger partial charge in [-0.1, -0.05) is 19.8 Å². The summed E-state index contributed by atoms with van der Waals surface area (Å²) in [7, 11) is 0. The van der Waals surface area contributed by atoms with Crippen LogP contribution in [0, 0.1) is 5.92 Å². The minimum atomic E-state index is -0.0414. The Hall–Kier alpha value is -2.04. The van der Waals surface area contributed by atoms with Gasteiger partial charge in [0, 0.05) is 18.2 Å². The minimum Gasteiger partial charge on any atom is -0.358 e. The van der Waals surface area contributed by atoms with E-state index < -0.39 is 0 Å². The molecule has 2 amide bonds. The Balaban J connectivity index is 1.54. The molecule has 3 atom stereocenters. The summed E-state index contributed by atoms with van der Waals surface area (Å²) in [4.78, 5) is 27.0. The van der Waals surface area contributed by atoms with Crippen molar-refractivity contribution in [2.75, 3.05) is 16.8 Å². The highest BCUT2D eigenvalue weighted by molar-refractivity contribution is 6.06. The van der Waals surface area contributed by atoms with Crippen LogP contribution in [0.2, 0.25) is 0 Å². The Labute approximate surface area is 142 Å². The molecule has 1 aromatic carbocycles. The van der Waals surface area contributed by atoms with Crippen LogP contribution in [0.5, 0.6) is 0 Å². The Bertz CT molecular complexity index is 673. The number of anilines is 2. The van der Waals surface area contributed by atoms with Crippen molar-refractivity contribution in [2.45, 2.75) is 57.5 Å². The van der Waals surface area contributed by atoms with Crippen molar-refractivity contribution in [1.82, 2.24) is 5.32 Å². The quantitative estimate of drug-likeness (QED) is 0.878. The number of amides is 2. The standard InChI is InChI=1S/C19H25N3O2/c1-12-5-2-3-6-14(12)20-18(23)13-8-9-16-15(11-13)21-19(24)17-7-4-10-22(16)17/h8-9,11-12,14,17H,2-7,10H2,1H3,(H,20,23)(H,21,24)/t12-,14-,17-/m1/s1. The molecule has 1 saturated heterocycles. The van der Waals surface area contributed by atoms with Crippen LogP contribution in [0.1, 0.15) is 55.8 Å². The molecule has 1 aliphatic carbocycles. The second kappa shape index (κ2) is 6.11. The summed E-state index contributed by atoms with van der Waals surface area (Å²) in [5.74, 6) is 0.554. The van der Waals surface area contributed by atoms with E-state index in [1.54, 1.807) is 0 Å². The summed E-state index contributed by atoms with van der Waals surface area (Å²) in [6.45, 7) is 3.13. The number of hydrogen-bond acceptors (Lipinski definition) is 3. The lowest BCUT2D eigenvalue weighted by atomic mass is 9.86. The molecule has 1 aromatic rings. The van der Waals surface area contributed by atoms with Gasteiger partial charge < -0.3 is 15.5 Å². The molecule has 2 aliphatic heterocycles. The van der Waals surface area contributed by atoms with Gasteiger partial charge in [-0.3, -0.25) is 9.59 Å². The Morgan fingerprint density at radius 1 is 1.21 bits per heavy atom. The highest BCUT2D eigenvalue weighted by Crippen LogP contribution is 2.37. The average Bonchev–Trinajstić information content (AvgIpc) is 3.07. The second-order valence-electron chi connectivity index (χ2n) is 7.41. The number of nitrogens with one attached hydrogen (secondary N) is 2. The predicted molar refractivity (Wildman–Crippen MR) is 94.3 cm³/mol. The first-order valence-corrected chi connectivity index (χ1v) is 9.16. The van der Waals surface area contributed by atoms with Gasteiger partial charge >= 0.3 is 0 Å². The van der Waals surface area contributed by atoms with Crippen molar-refractivity contribution in [3.8, 4) is 0 Å². The molecule has 1 saturated carbocycles. The minimum absolute atomic E-state index is 0.0330. The van der Waals surface area contributed by atoms with Gasteiger partial charge in [-0.2, -0.15) is 0 Å². The molecule has 128 valence electrons. The van der Waals surface area contributed by atoms with Gasteiger partial charge in [-0.15, -0.1) is 0 Å². The fourth-order valence-corrected chi connectivity index (χ4v) is 4.35. The van der Waals surface area contributed by atoms with E-state index in [1.807, 2.05) is 18.2 Å². The number of fused-ring (bicyclic) bond motifs is 3. The maximum atomic E-state index is 12.6. The summed E-state index contributed by atoms with van der Waals surface area (Å²) in [6.07, 6.45) is 6.64. The highest BCUT2D eigenvalue weighted by atomic mass is 16.2. The van der Waals surface area contributed by atoms with Crippen LogP contribution in [0.4, 0.5) is 11.4 Å². The molecule has 0 aromatic heterocycles. The molecule has 0 bridgehead atoms. The van der Waals surface area contributed by atoms with Crippen molar-refractivity contribution in [3.05, 3.63) is 23.8 Å². The molecule has 2 heterocycles. The monoisotopic (exact) mass is 327 g/mol. The first-order valence-electron chi connectivity index (χ1n) is 9.16. The molecule has 4 rings (SSSR count). The van der Waals surface area contributed by atoms with Gasteiger partial charge in [0.25, 0.3) is 5.91 Å². The Kier molecular flexibility index (Phi) is 3.94. The summed E-state index contributed by atoms with van der Waals surface area (Å²) >= 11 is 0. The molecule has 5 nitrogen and oxygen atoms in total. The van der Waals surface area contributed by atoms with Crippen LogP contribution in [0.15, 0.2) is 18.2 Å². The molecular formula is C19H25N3O2. The lowest BCUT2D eigenvalue weighted by Gasteiger charge is -2.33. The van der Waals surface area contributed by atoms with E-state index in [1.165, 1.54) is 19.3 Å². The first kappa shape index (κ1) is 15.5. The topological polar surface area (TPSA) is 61.4 Å². The van der Waals surface area contributed by atoms with Crippen molar-refractivity contribution < 1.29 is 9.59 Å². The van der Waals surface area contributed by atoms with Gasteiger partial charge in [0.15, 0.2) is 0 Å². The summed E-state index contributed by atoms with van der Waals surface area (Å²) < 4.78 is 0. The third-order valence-electron chi connectivity index (χ3n) is 5.81. The maximum Gasteiger partial charge on any atom is 0.251 e. The summed E-state index contributed by atoms with van der Waals surface area (Å²) in [6, 6.07) is 5.91. The number of carbonyl (C=O) groups is 2. The molecular weight excluding hydrogens is 302 g/mol. The lowest BCUT2D eigenvalue weighted by Crippen LogP contribution is -2.44. The second-order valence-corrected chi connectivity index (χ2v) is 7.41. The molecule has 2 fully saturated rings. The maximum absolute atomic E-state index is 12.6. The lowest BCUT2D eigenvalue weighted by molar-refractivity contribution is -0.117. The zero-order valence-corrected chi connectivity index (χ0v) is 14.2. The van der Waals surface area contributed by atoms with Crippen LogP contribution < -0.4 is 15.5 Å².